The van der Waals surface area contributed by atoms with Crippen LogP contribution in [-0.4, -0.2) is 20.2 Å². The number of nitrogen functional groups attached to an aromatic ring is 1. The Hall–Kier alpha value is -1.25. The zero-order valence-corrected chi connectivity index (χ0v) is 13.7. The third-order valence-electron chi connectivity index (χ3n) is 3.06. The molecule has 1 unspecified atom stereocenters. The molecule has 0 amide bonds. The predicted molar refractivity (Wildman–Crippen MR) is 85.5 cm³/mol. The first-order chi connectivity index (χ1) is 9.56. The van der Waals surface area contributed by atoms with Gasteiger partial charge in [0.1, 0.15) is 22.0 Å². The largest absolute Gasteiger partial charge is 0.383 e. The molecule has 0 saturated heterocycles. The minimum atomic E-state index is 0.0948. The molecule has 0 radical (unpaired) electrons. The van der Waals surface area contributed by atoms with Crippen molar-refractivity contribution in [2.75, 3.05) is 5.73 Å². The summed E-state index contributed by atoms with van der Waals surface area (Å²) in [6.45, 7) is 6.20. The molecule has 3 aromatic rings. The third-order valence-corrected chi connectivity index (χ3v) is 6.06. The second-order valence-corrected chi connectivity index (χ2v) is 8.02. The van der Waals surface area contributed by atoms with Gasteiger partial charge in [-0.05, 0) is 26.3 Å². The van der Waals surface area contributed by atoms with Gasteiger partial charge < -0.3 is 5.73 Å². The van der Waals surface area contributed by atoms with E-state index in [4.69, 9.17) is 5.73 Å². The maximum atomic E-state index is 6.10. The van der Waals surface area contributed by atoms with Crippen molar-refractivity contribution in [1.82, 2.24) is 20.2 Å². The molecular weight excluding hydrogens is 310 g/mol. The second-order valence-electron chi connectivity index (χ2n) is 4.40. The third kappa shape index (κ3) is 2.38. The van der Waals surface area contributed by atoms with Gasteiger partial charge in [-0.2, -0.15) is 0 Å². The van der Waals surface area contributed by atoms with Crippen molar-refractivity contribution in [3.8, 4) is 0 Å². The molecule has 3 rings (SSSR count). The highest BCUT2D eigenvalue weighted by molar-refractivity contribution is 8.01. The van der Waals surface area contributed by atoms with Gasteiger partial charge in [-0.3, -0.25) is 0 Å². The van der Waals surface area contributed by atoms with Gasteiger partial charge in [0.15, 0.2) is 4.34 Å². The van der Waals surface area contributed by atoms with Crippen LogP contribution in [0.3, 0.4) is 0 Å². The molecule has 0 aliphatic carbocycles. The molecule has 3 heterocycles. The number of hydrogen-bond acceptors (Lipinski definition) is 8. The molecule has 0 fully saturated rings. The predicted octanol–water partition coefficient (Wildman–Crippen LogP) is 3.60. The van der Waals surface area contributed by atoms with Crippen molar-refractivity contribution in [3.05, 3.63) is 21.8 Å². The smallest absolute Gasteiger partial charge is 0.174 e. The number of aromatic nitrogens is 4. The Balaban J connectivity index is 2.00. The van der Waals surface area contributed by atoms with Gasteiger partial charge in [0.05, 0.1) is 10.6 Å². The molecule has 0 saturated carbocycles. The number of fused-ring (bicyclic) bond motifs is 1. The molecular formula is C12H13N5S3. The fraction of sp³-hybridized carbons (Fsp3) is 0.333. The number of thiophene rings is 1. The van der Waals surface area contributed by atoms with Crippen LogP contribution in [-0.2, 0) is 0 Å². The van der Waals surface area contributed by atoms with E-state index in [1.165, 1.54) is 21.8 Å². The van der Waals surface area contributed by atoms with E-state index in [1.807, 2.05) is 0 Å². The number of aryl methyl sites for hydroxylation is 2. The van der Waals surface area contributed by atoms with Gasteiger partial charge in [-0.25, -0.2) is 9.97 Å². The maximum Gasteiger partial charge on any atom is 0.174 e. The van der Waals surface area contributed by atoms with Crippen LogP contribution < -0.4 is 5.73 Å². The minimum absolute atomic E-state index is 0.0948. The summed E-state index contributed by atoms with van der Waals surface area (Å²) in [6.07, 6.45) is 0. The van der Waals surface area contributed by atoms with E-state index >= 15 is 0 Å². The average Bonchev–Trinajstić information content (AvgIpc) is 2.99. The van der Waals surface area contributed by atoms with E-state index in [1.54, 1.807) is 28.6 Å². The van der Waals surface area contributed by atoms with Crippen LogP contribution in [0.4, 0.5) is 5.82 Å². The van der Waals surface area contributed by atoms with Gasteiger partial charge in [-0.1, -0.05) is 23.1 Å². The number of thioether (sulfide) groups is 1. The van der Waals surface area contributed by atoms with Crippen LogP contribution in [0.1, 0.15) is 28.4 Å². The zero-order valence-electron chi connectivity index (χ0n) is 11.2. The first kappa shape index (κ1) is 13.7. The summed E-state index contributed by atoms with van der Waals surface area (Å²) in [5.74, 6) is 1.31. The molecule has 104 valence electrons. The van der Waals surface area contributed by atoms with Gasteiger partial charge in [-0.15, -0.1) is 21.5 Å². The van der Waals surface area contributed by atoms with E-state index in [0.29, 0.717) is 5.82 Å². The highest BCUT2D eigenvalue weighted by Crippen LogP contribution is 2.37. The van der Waals surface area contributed by atoms with E-state index in [0.717, 1.165) is 20.4 Å². The normalized spacial score (nSPS) is 12.9. The van der Waals surface area contributed by atoms with Gasteiger partial charge in [0.2, 0.25) is 0 Å². The Morgan fingerprint density at radius 3 is 2.80 bits per heavy atom. The summed E-state index contributed by atoms with van der Waals surface area (Å²) >= 11 is 4.78. The highest BCUT2D eigenvalue weighted by atomic mass is 32.2. The lowest BCUT2D eigenvalue weighted by atomic mass is 10.2. The summed E-state index contributed by atoms with van der Waals surface area (Å²) in [5, 5.41) is 8.95. The molecule has 8 heteroatoms. The number of anilines is 1. The molecule has 2 N–H and O–H groups in total. The van der Waals surface area contributed by atoms with E-state index in [2.05, 4.69) is 40.9 Å². The minimum Gasteiger partial charge on any atom is -0.383 e. The topological polar surface area (TPSA) is 77.6 Å². The number of nitrogens with zero attached hydrogens (tertiary/aromatic N) is 4. The molecule has 20 heavy (non-hydrogen) atoms. The fourth-order valence-electron chi connectivity index (χ4n) is 1.90. The lowest BCUT2D eigenvalue weighted by molar-refractivity contribution is 0.935. The van der Waals surface area contributed by atoms with Crippen LogP contribution in [0.15, 0.2) is 9.85 Å². The number of nitrogens with two attached hydrogens (primary N) is 1. The van der Waals surface area contributed by atoms with Crippen LogP contribution in [0.2, 0.25) is 0 Å². The van der Waals surface area contributed by atoms with E-state index < -0.39 is 0 Å². The Kier molecular flexibility index (Phi) is 3.61. The van der Waals surface area contributed by atoms with E-state index in [9.17, 15) is 0 Å². The first-order valence-electron chi connectivity index (χ1n) is 6.02. The lowest BCUT2D eigenvalue weighted by Gasteiger charge is -2.08. The molecule has 5 nitrogen and oxygen atoms in total. The van der Waals surface area contributed by atoms with Gasteiger partial charge in [0, 0.05) is 4.88 Å². The first-order valence-corrected chi connectivity index (χ1v) is 8.59. The van der Waals surface area contributed by atoms with Gasteiger partial charge >= 0.3 is 0 Å². The molecule has 0 spiro atoms. The standard InChI is InChI=1S/C12H13N5S3/c1-5-6(2)19-11-8(5)9(13)15-10(16-11)7(3)20-12-17-14-4-18-12/h4,7H,1-3H3,(H2,13,15,16). The molecule has 0 aromatic carbocycles. The lowest BCUT2D eigenvalue weighted by Crippen LogP contribution is -2.02. The molecule has 0 bridgehead atoms. The number of rotatable bonds is 3. The van der Waals surface area contributed by atoms with Crippen molar-refractivity contribution in [2.45, 2.75) is 30.4 Å². The van der Waals surface area contributed by atoms with Crippen molar-refractivity contribution < 1.29 is 0 Å². The average molecular weight is 323 g/mol. The highest BCUT2D eigenvalue weighted by Gasteiger charge is 2.17. The van der Waals surface area contributed by atoms with Crippen molar-refractivity contribution >= 4 is 50.5 Å². The number of hydrogen-bond donors (Lipinski definition) is 1. The summed E-state index contributed by atoms with van der Waals surface area (Å²) in [4.78, 5) is 11.3. The summed E-state index contributed by atoms with van der Waals surface area (Å²) in [6, 6.07) is 0. The Morgan fingerprint density at radius 2 is 2.10 bits per heavy atom. The van der Waals surface area contributed by atoms with Crippen LogP contribution in [0.25, 0.3) is 10.2 Å². The zero-order chi connectivity index (χ0) is 14.3. The maximum absolute atomic E-state index is 6.10. The van der Waals surface area contributed by atoms with Crippen LogP contribution in [0.5, 0.6) is 0 Å². The SMILES string of the molecule is Cc1sc2nc(C(C)Sc3nncs3)nc(N)c2c1C. The Morgan fingerprint density at radius 1 is 1.30 bits per heavy atom. The molecule has 0 aliphatic rings. The summed E-state index contributed by atoms with van der Waals surface area (Å²) < 4.78 is 0.915. The van der Waals surface area contributed by atoms with Crippen molar-refractivity contribution in [2.24, 2.45) is 0 Å². The molecule has 3 aromatic heterocycles. The fourth-order valence-corrected chi connectivity index (χ4v) is 4.61. The van der Waals surface area contributed by atoms with E-state index in [-0.39, 0.29) is 5.25 Å². The second kappa shape index (κ2) is 5.27. The Labute approximate surface area is 128 Å². The molecule has 1 atom stereocenters. The quantitative estimate of drug-likeness (QED) is 0.742. The van der Waals surface area contributed by atoms with Gasteiger partial charge in [0.25, 0.3) is 0 Å². The van der Waals surface area contributed by atoms with Crippen molar-refractivity contribution in [3.63, 3.8) is 0 Å². The Bertz CT molecular complexity index is 750. The molecule has 0 aliphatic heterocycles. The monoisotopic (exact) mass is 323 g/mol. The van der Waals surface area contributed by atoms with Crippen LogP contribution in [0, 0.1) is 13.8 Å². The summed E-state index contributed by atoms with van der Waals surface area (Å²) in [5.41, 5.74) is 9.00. The van der Waals surface area contributed by atoms with Crippen molar-refractivity contribution in [1.29, 1.82) is 0 Å². The summed E-state index contributed by atoms with van der Waals surface area (Å²) in [7, 11) is 0. The van der Waals surface area contributed by atoms with Crippen LogP contribution >= 0.6 is 34.4 Å².